The van der Waals surface area contributed by atoms with Gasteiger partial charge < -0.3 is 10.5 Å². The fourth-order valence-electron chi connectivity index (χ4n) is 2.38. The lowest BCUT2D eigenvalue weighted by Crippen LogP contribution is -2.02. The summed E-state index contributed by atoms with van der Waals surface area (Å²) in [4.78, 5) is 15.2. The van der Waals surface area contributed by atoms with E-state index in [9.17, 15) is 13.6 Å². The second-order valence-corrected chi connectivity index (χ2v) is 4.80. The number of halogens is 2. The van der Waals surface area contributed by atoms with Crippen LogP contribution in [0.1, 0.15) is 10.5 Å². The number of imidazole rings is 1. The molecule has 118 valence electrons. The smallest absolute Gasteiger partial charge is 0.170 e. The number of aromatic nitrogens is 2. The number of carbonyl (C=O) groups excluding carboxylic acids is 1. The molecular formula is C16H13F2N3O2. The lowest BCUT2D eigenvalue weighted by atomic mass is 10.1. The Morgan fingerprint density at radius 3 is 2.87 bits per heavy atom. The molecule has 0 unspecified atom stereocenters. The summed E-state index contributed by atoms with van der Waals surface area (Å²) >= 11 is 0. The summed E-state index contributed by atoms with van der Waals surface area (Å²) < 4.78 is 33.0. The Bertz CT molecular complexity index is 877. The van der Waals surface area contributed by atoms with Crippen molar-refractivity contribution >= 4 is 17.8 Å². The van der Waals surface area contributed by atoms with Gasteiger partial charge in [0.1, 0.15) is 24.6 Å². The first-order valence-corrected chi connectivity index (χ1v) is 6.86. The average Bonchev–Trinajstić information content (AvgIpc) is 2.87. The monoisotopic (exact) mass is 317 g/mol. The summed E-state index contributed by atoms with van der Waals surface area (Å²) in [5.74, 6) is -0.507. The number of ether oxygens (including phenoxy) is 1. The second kappa shape index (κ2) is 6.04. The minimum absolute atomic E-state index is 0.0368. The van der Waals surface area contributed by atoms with Gasteiger partial charge in [-0.2, -0.15) is 0 Å². The van der Waals surface area contributed by atoms with Crippen molar-refractivity contribution < 1.29 is 18.3 Å². The summed E-state index contributed by atoms with van der Waals surface area (Å²) in [5, 5.41) is 0. The number of hydrogen-bond acceptors (Lipinski definition) is 4. The van der Waals surface area contributed by atoms with Gasteiger partial charge in [-0.15, -0.1) is 0 Å². The van der Waals surface area contributed by atoms with Crippen molar-refractivity contribution in [1.82, 2.24) is 9.38 Å². The SMILES string of the molecule is Nc1nc2ccc(-c3cccc(F)c3OCCF)cn2c1C=O. The van der Waals surface area contributed by atoms with Crippen LogP contribution in [-0.4, -0.2) is 29.0 Å². The first kappa shape index (κ1) is 15.0. The predicted octanol–water partition coefficient (Wildman–Crippen LogP) is 2.88. The van der Waals surface area contributed by atoms with Gasteiger partial charge in [0.2, 0.25) is 0 Å². The van der Waals surface area contributed by atoms with Crippen molar-refractivity contribution in [2.75, 3.05) is 19.0 Å². The third-order valence-corrected chi connectivity index (χ3v) is 3.40. The molecule has 23 heavy (non-hydrogen) atoms. The van der Waals surface area contributed by atoms with Crippen LogP contribution in [0.2, 0.25) is 0 Å². The van der Waals surface area contributed by atoms with E-state index in [2.05, 4.69) is 4.98 Å². The van der Waals surface area contributed by atoms with Gasteiger partial charge in [0.05, 0.1) is 0 Å². The van der Waals surface area contributed by atoms with Gasteiger partial charge in [-0.25, -0.2) is 13.8 Å². The van der Waals surface area contributed by atoms with Crippen LogP contribution in [-0.2, 0) is 0 Å². The number of alkyl halides is 1. The molecule has 0 spiro atoms. The Morgan fingerprint density at radius 2 is 2.13 bits per heavy atom. The molecule has 0 radical (unpaired) electrons. The number of para-hydroxylation sites is 1. The molecule has 7 heteroatoms. The standard InChI is InChI=1S/C16H13F2N3O2/c17-6-7-23-15-11(2-1-3-12(15)18)10-4-5-14-20-16(19)13(9-22)21(14)8-10/h1-5,8-9H,6-7,19H2. The number of rotatable bonds is 5. The van der Waals surface area contributed by atoms with Gasteiger partial charge in [-0.3, -0.25) is 9.20 Å². The Morgan fingerprint density at radius 1 is 1.30 bits per heavy atom. The normalized spacial score (nSPS) is 10.9. The first-order valence-electron chi connectivity index (χ1n) is 6.86. The van der Waals surface area contributed by atoms with Crippen LogP contribution < -0.4 is 10.5 Å². The van der Waals surface area contributed by atoms with E-state index >= 15 is 0 Å². The minimum atomic E-state index is -0.722. The number of nitrogens with zero attached hydrogens (tertiary/aromatic N) is 2. The largest absolute Gasteiger partial charge is 0.487 e. The highest BCUT2D eigenvalue weighted by Crippen LogP contribution is 2.33. The number of benzene rings is 1. The van der Waals surface area contributed by atoms with Crippen LogP contribution in [0.3, 0.4) is 0 Å². The molecule has 2 heterocycles. The molecule has 0 aliphatic carbocycles. The van der Waals surface area contributed by atoms with E-state index in [0.717, 1.165) is 0 Å². The molecule has 0 atom stereocenters. The molecule has 0 amide bonds. The van der Waals surface area contributed by atoms with Gasteiger partial charge in [-0.1, -0.05) is 12.1 Å². The number of anilines is 1. The van der Waals surface area contributed by atoms with E-state index in [1.165, 1.54) is 16.5 Å². The molecule has 5 nitrogen and oxygen atoms in total. The molecule has 0 bridgehead atoms. The van der Waals surface area contributed by atoms with Gasteiger partial charge in [0.25, 0.3) is 0 Å². The van der Waals surface area contributed by atoms with Crippen molar-refractivity contribution in [3.63, 3.8) is 0 Å². The van der Waals surface area contributed by atoms with Crippen LogP contribution in [0.25, 0.3) is 16.8 Å². The molecule has 1 aromatic carbocycles. The Labute approximate surface area is 130 Å². The minimum Gasteiger partial charge on any atom is -0.487 e. The first-order chi connectivity index (χ1) is 11.2. The topological polar surface area (TPSA) is 69.6 Å². The second-order valence-electron chi connectivity index (χ2n) is 4.80. The maximum absolute atomic E-state index is 14.0. The highest BCUT2D eigenvalue weighted by molar-refractivity contribution is 5.83. The van der Waals surface area contributed by atoms with E-state index in [1.54, 1.807) is 24.4 Å². The fourth-order valence-corrected chi connectivity index (χ4v) is 2.38. The number of hydrogen-bond donors (Lipinski definition) is 1. The number of carbonyl (C=O) groups is 1. The summed E-state index contributed by atoms with van der Waals surface area (Å²) in [6.07, 6.45) is 2.21. The molecule has 0 aliphatic heterocycles. The number of aldehydes is 1. The zero-order valence-corrected chi connectivity index (χ0v) is 12.0. The maximum atomic E-state index is 14.0. The van der Waals surface area contributed by atoms with E-state index in [0.29, 0.717) is 23.1 Å². The van der Waals surface area contributed by atoms with Crippen LogP contribution in [0, 0.1) is 5.82 Å². The molecule has 3 rings (SSSR count). The van der Waals surface area contributed by atoms with E-state index in [1.807, 2.05) is 0 Å². The predicted molar refractivity (Wildman–Crippen MR) is 81.9 cm³/mol. The zero-order valence-electron chi connectivity index (χ0n) is 12.0. The third kappa shape index (κ3) is 2.61. The maximum Gasteiger partial charge on any atom is 0.170 e. The number of nitrogen functional groups attached to an aromatic ring is 1. The highest BCUT2D eigenvalue weighted by atomic mass is 19.1. The van der Waals surface area contributed by atoms with Crippen LogP contribution in [0.15, 0.2) is 36.5 Å². The molecule has 3 aromatic rings. The lowest BCUT2D eigenvalue weighted by Gasteiger charge is -2.12. The zero-order chi connectivity index (χ0) is 16.4. The van der Waals surface area contributed by atoms with Gasteiger partial charge in [-0.05, 0) is 18.2 Å². The summed E-state index contributed by atoms with van der Waals surface area (Å²) in [7, 11) is 0. The lowest BCUT2D eigenvalue weighted by molar-refractivity contribution is 0.111. The Kier molecular flexibility index (Phi) is 3.92. The van der Waals surface area contributed by atoms with Crippen LogP contribution >= 0.6 is 0 Å². The van der Waals surface area contributed by atoms with Crippen molar-refractivity contribution in [2.45, 2.75) is 0 Å². The Hall–Kier alpha value is -2.96. The average molecular weight is 317 g/mol. The number of pyridine rings is 1. The van der Waals surface area contributed by atoms with Crippen LogP contribution in [0.4, 0.5) is 14.6 Å². The molecule has 0 fully saturated rings. The molecule has 2 N–H and O–H groups in total. The highest BCUT2D eigenvalue weighted by Gasteiger charge is 2.14. The van der Waals surface area contributed by atoms with E-state index in [4.69, 9.17) is 10.5 Å². The van der Waals surface area contributed by atoms with E-state index < -0.39 is 12.5 Å². The molecule has 0 saturated heterocycles. The molecule has 0 saturated carbocycles. The third-order valence-electron chi connectivity index (χ3n) is 3.40. The van der Waals surface area contributed by atoms with Gasteiger partial charge in [0.15, 0.2) is 23.7 Å². The van der Waals surface area contributed by atoms with Crippen molar-refractivity contribution in [3.05, 3.63) is 48.0 Å². The van der Waals surface area contributed by atoms with Gasteiger partial charge >= 0.3 is 0 Å². The molecule has 2 aromatic heterocycles. The van der Waals surface area contributed by atoms with Gasteiger partial charge in [0, 0.05) is 17.3 Å². The summed E-state index contributed by atoms with van der Waals surface area (Å²) in [6.45, 7) is -0.964. The van der Waals surface area contributed by atoms with Crippen molar-refractivity contribution in [3.8, 4) is 16.9 Å². The molecular weight excluding hydrogens is 304 g/mol. The summed E-state index contributed by atoms with van der Waals surface area (Å²) in [6, 6.07) is 7.77. The number of nitrogens with two attached hydrogens (primary N) is 1. The Balaban J connectivity index is 2.17. The summed E-state index contributed by atoms with van der Waals surface area (Å²) in [5.41, 5.74) is 7.43. The quantitative estimate of drug-likeness (QED) is 0.735. The van der Waals surface area contributed by atoms with Crippen molar-refractivity contribution in [1.29, 1.82) is 0 Å². The fraction of sp³-hybridized carbons (Fsp3) is 0.125. The van der Waals surface area contributed by atoms with Crippen LogP contribution in [0.5, 0.6) is 5.75 Å². The van der Waals surface area contributed by atoms with E-state index in [-0.39, 0.29) is 23.9 Å². The van der Waals surface area contributed by atoms with Crippen molar-refractivity contribution in [2.24, 2.45) is 0 Å². The molecule has 0 aliphatic rings. The number of fused-ring (bicyclic) bond motifs is 1.